The summed E-state index contributed by atoms with van der Waals surface area (Å²) >= 11 is 0. The van der Waals surface area contributed by atoms with E-state index < -0.39 is 35.2 Å². The SMILES string of the molecule is C[C@@H](c1ccc(-c2ccc(F)cc2F)cc1)N1CCC(CCCOC(N)=O)(c2ccc(F)cc2)OC1=O. The molecule has 3 aromatic rings. The van der Waals surface area contributed by atoms with Gasteiger partial charge < -0.3 is 20.1 Å². The predicted octanol–water partition coefficient (Wildman–Crippen LogP) is 6.45. The highest BCUT2D eigenvalue weighted by Gasteiger charge is 2.43. The van der Waals surface area contributed by atoms with Gasteiger partial charge in [0, 0.05) is 24.6 Å². The number of carbonyl (C=O) groups is 2. The molecule has 9 heteroatoms. The summed E-state index contributed by atoms with van der Waals surface area (Å²) in [4.78, 5) is 25.7. The molecule has 0 bridgehead atoms. The lowest BCUT2D eigenvalue weighted by molar-refractivity contribution is -0.0681. The minimum absolute atomic E-state index is 0.0664. The summed E-state index contributed by atoms with van der Waals surface area (Å²) < 4.78 is 51.8. The van der Waals surface area contributed by atoms with E-state index in [1.807, 2.05) is 6.92 Å². The van der Waals surface area contributed by atoms with Crippen molar-refractivity contribution in [2.24, 2.45) is 5.73 Å². The molecule has 1 aliphatic rings. The fourth-order valence-corrected chi connectivity index (χ4v) is 4.67. The Morgan fingerprint density at radius 3 is 2.35 bits per heavy atom. The molecule has 0 aliphatic carbocycles. The smallest absolute Gasteiger partial charge is 0.411 e. The van der Waals surface area contributed by atoms with Crippen LogP contribution in [0.5, 0.6) is 0 Å². The van der Waals surface area contributed by atoms with Crippen LogP contribution in [-0.4, -0.2) is 30.2 Å². The summed E-state index contributed by atoms with van der Waals surface area (Å²) in [6.45, 7) is 2.29. The number of hydrogen-bond acceptors (Lipinski definition) is 4. The Kier molecular flexibility index (Phi) is 7.71. The molecule has 1 fully saturated rings. The average molecular weight is 513 g/mol. The maximum Gasteiger partial charge on any atom is 0.411 e. The van der Waals surface area contributed by atoms with Gasteiger partial charge in [-0.3, -0.25) is 0 Å². The lowest BCUT2D eigenvalue weighted by Crippen LogP contribution is -2.48. The predicted molar refractivity (Wildman–Crippen MR) is 131 cm³/mol. The highest BCUT2D eigenvalue weighted by Crippen LogP contribution is 2.40. The Morgan fingerprint density at radius 1 is 1.05 bits per heavy atom. The molecule has 194 valence electrons. The Labute approximate surface area is 212 Å². The van der Waals surface area contributed by atoms with E-state index in [1.54, 1.807) is 41.3 Å². The quantitative estimate of drug-likeness (QED) is 0.352. The number of primary amides is 1. The lowest BCUT2D eigenvalue weighted by atomic mass is 9.84. The Hall–Kier alpha value is -4.01. The van der Waals surface area contributed by atoms with Crippen LogP contribution < -0.4 is 5.73 Å². The van der Waals surface area contributed by atoms with Crippen molar-refractivity contribution in [1.82, 2.24) is 4.90 Å². The standard InChI is InChI=1S/C28H27F3N2O4/c1-18(19-3-5-20(6-4-19)24-12-11-23(30)17-25(24)31)33-15-14-28(37-27(33)35,13-2-16-36-26(32)34)21-7-9-22(29)10-8-21/h3-12,17-18H,2,13-16H2,1H3,(H2,32,34)/t18-,28?/m0/s1. The topological polar surface area (TPSA) is 81.9 Å². The van der Waals surface area contributed by atoms with Crippen LogP contribution in [0.1, 0.15) is 43.4 Å². The van der Waals surface area contributed by atoms with Crippen molar-refractivity contribution in [3.63, 3.8) is 0 Å². The van der Waals surface area contributed by atoms with Crippen LogP contribution in [0.3, 0.4) is 0 Å². The molecule has 6 nitrogen and oxygen atoms in total. The van der Waals surface area contributed by atoms with Gasteiger partial charge in [-0.15, -0.1) is 0 Å². The second-order valence-electron chi connectivity index (χ2n) is 9.01. The van der Waals surface area contributed by atoms with Crippen LogP contribution in [-0.2, 0) is 15.1 Å². The summed E-state index contributed by atoms with van der Waals surface area (Å²) in [5.41, 5.74) is 6.35. The van der Waals surface area contributed by atoms with Crippen LogP contribution in [0, 0.1) is 17.5 Å². The minimum atomic E-state index is -1.01. The van der Waals surface area contributed by atoms with Crippen molar-refractivity contribution >= 4 is 12.2 Å². The third-order valence-electron chi connectivity index (χ3n) is 6.72. The van der Waals surface area contributed by atoms with E-state index in [0.29, 0.717) is 36.9 Å². The molecular weight excluding hydrogens is 485 g/mol. The monoisotopic (exact) mass is 512 g/mol. The first-order chi connectivity index (χ1) is 17.7. The van der Waals surface area contributed by atoms with Gasteiger partial charge in [0.05, 0.1) is 12.6 Å². The summed E-state index contributed by atoms with van der Waals surface area (Å²) in [5.74, 6) is -1.71. The summed E-state index contributed by atoms with van der Waals surface area (Å²) in [5, 5.41) is 0. The molecule has 1 heterocycles. The van der Waals surface area contributed by atoms with Gasteiger partial charge >= 0.3 is 12.2 Å². The van der Waals surface area contributed by atoms with Crippen LogP contribution in [0.4, 0.5) is 22.8 Å². The molecule has 1 aliphatic heterocycles. The maximum atomic E-state index is 14.2. The molecule has 0 spiro atoms. The Bertz CT molecular complexity index is 1270. The molecule has 2 atom stereocenters. The number of hydrogen-bond donors (Lipinski definition) is 1. The van der Waals surface area contributed by atoms with E-state index in [4.69, 9.17) is 15.2 Å². The van der Waals surface area contributed by atoms with Gasteiger partial charge in [0.1, 0.15) is 23.1 Å². The molecule has 2 amide bonds. The third kappa shape index (κ3) is 5.87. The molecule has 2 N–H and O–H groups in total. The van der Waals surface area contributed by atoms with Crippen molar-refractivity contribution < 1.29 is 32.2 Å². The average Bonchev–Trinajstić information content (AvgIpc) is 2.87. The zero-order valence-corrected chi connectivity index (χ0v) is 20.3. The first-order valence-electron chi connectivity index (χ1n) is 11.9. The number of ether oxygens (including phenoxy) is 2. The molecule has 0 saturated carbocycles. The first-order valence-corrected chi connectivity index (χ1v) is 11.9. The van der Waals surface area contributed by atoms with Crippen LogP contribution in [0.2, 0.25) is 0 Å². The van der Waals surface area contributed by atoms with Crippen molar-refractivity contribution in [1.29, 1.82) is 0 Å². The van der Waals surface area contributed by atoms with Gasteiger partial charge in [-0.25, -0.2) is 22.8 Å². The summed E-state index contributed by atoms with van der Waals surface area (Å²) in [6.07, 6.45) is -0.232. The normalized spacial score (nSPS) is 18.3. The minimum Gasteiger partial charge on any atom is -0.450 e. The van der Waals surface area contributed by atoms with E-state index in [-0.39, 0.29) is 18.2 Å². The molecule has 0 radical (unpaired) electrons. The zero-order chi connectivity index (χ0) is 26.6. The van der Waals surface area contributed by atoms with Gasteiger partial charge in [0.15, 0.2) is 0 Å². The largest absolute Gasteiger partial charge is 0.450 e. The lowest BCUT2D eigenvalue weighted by Gasteiger charge is -2.43. The van der Waals surface area contributed by atoms with Crippen molar-refractivity contribution in [2.45, 2.75) is 37.8 Å². The first kappa shape index (κ1) is 26.1. The number of cyclic esters (lactones) is 1. The highest BCUT2D eigenvalue weighted by atomic mass is 19.1. The van der Waals surface area contributed by atoms with Crippen LogP contribution >= 0.6 is 0 Å². The van der Waals surface area contributed by atoms with Crippen LogP contribution in [0.25, 0.3) is 11.1 Å². The summed E-state index contributed by atoms with van der Waals surface area (Å²) in [7, 11) is 0. The van der Waals surface area contributed by atoms with Gasteiger partial charge in [0.2, 0.25) is 0 Å². The Balaban J connectivity index is 1.50. The fourth-order valence-electron chi connectivity index (χ4n) is 4.67. The van der Waals surface area contributed by atoms with E-state index in [9.17, 15) is 22.8 Å². The summed E-state index contributed by atoms with van der Waals surface area (Å²) in [6, 6.07) is 15.9. The maximum absolute atomic E-state index is 14.2. The number of nitrogens with two attached hydrogens (primary N) is 1. The van der Waals surface area contributed by atoms with Crippen molar-refractivity contribution in [3.8, 4) is 11.1 Å². The number of halogens is 3. The number of nitrogens with zero attached hydrogens (tertiary/aromatic N) is 1. The number of benzene rings is 3. The highest BCUT2D eigenvalue weighted by molar-refractivity contribution is 5.70. The van der Waals surface area contributed by atoms with E-state index in [1.165, 1.54) is 24.3 Å². The molecule has 4 rings (SSSR count). The number of rotatable bonds is 8. The van der Waals surface area contributed by atoms with Crippen molar-refractivity contribution in [2.75, 3.05) is 13.2 Å². The van der Waals surface area contributed by atoms with Crippen LogP contribution in [0.15, 0.2) is 66.7 Å². The molecule has 1 saturated heterocycles. The van der Waals surface area contributed by atoms with E-state index in [0.717, 1.165) is 11.6 Å². The third-order valence-corrected chi connectivity index (χ3v) is 6.72. The van der Waals surface area contributed by atoms with Crippen molar-refractivity contribution in [3.05, 3.63) is 95.3 Å². The molecule has 3 aromatic carbocycles. The molecule has 37 heavy (non-hydrogen) atoms. The number of carbonyl (C=O) groups excluding carboxylic acids is 2. The molecule has 1 unspecified atom stereocenters. The van der Waals surface area contributed by atoms with E-state index in [2.05, 4.69) is 0 Å². The van der Waals surface area contributed by atoms with Gasteiger partial charge in [0.25, 0.3) is 0 Å². The fraction of sp³-hybridized carbons (Fsp3) is 0.286. The number of amides is 2. The molecule has 0 aromatic heterocycles. The Morgan fingerprint density at radius 2 is 1.73 bits per heavy atom. The van der Waals surface area contributed by atoms with Gasteiger partial charge in [-0.1, -0.05) is 36.4 Å². The van der Waals surface area contributed by atoms with Gasteiger partial charge in [-0.2, -0.15) is 0 Å². The van der Waals surface area contributed by atoms with E-state index >= 15 is 0 Å². The zero-order valence-electron chi connectivity index (χ0n) is 20.3. The molecular formula is C28H27F3N2O4. The van der Waals surface area contributed by atoms with Gasteiger partial charge in [-0.05, 0) is 60.7 Å². The second-order valence-corrected chi connectivity index (χ2v) is 9.01. The second kappa shape index (κ2) is 10.9.